The molecule has 3 aromatic rings. The lowest BCUT2D eigenvalue weighted by Gasteiger charge is -2.31. The van der Waals surface area contributed by atoms with Gasteiger partial charge in [0.15, 0.2) is 0 Å². The summed E-state index contributed by atoms with van der Waals surface area (Å²) in [5.74, 6) is -0.486. The van der Waals surface area contributed by atoms with Gasteiger partial charge in [-0.05, 0) is 120 Å². The van der Waals surface area contributed by atoms with Crippen LogP contribution in [-0.4, -0.2) is 98.1 Å². The highest BCUT2D eigenvalue weighted by molar-refractivity contribution is 5.99. The van der Waals surface area contributed by atoms with Crippen LogP contribution in [0, 0.1) is 11.8 Å². The molecule has 3 aromatic carbocycles. The first-order valence-electron chi connectivity index (χ1n) is 23.3. The van der Waals surface area contributed by atoms with Crippen molar-refractivity contribution in [3.63, 3.8) is 0 Å². The van der Waals surface area contributed by atoms with Crippen molar-refractivity contribution in [3.05, 3.63) is 95.1 Å². The van der Waals surface area contributed by atoms with Crippen molar-refractivity contribution in [3.8, 4) is 0 Å². The Kier molecular flexibility index (Phi) is 18.0. The van der Waals surface area contributed by atoms with Gasteiger partial charge in [0.1, 0.15) is 18.1 Å². The van der Waals surface area contributed by atoms with Gasteiger partial charge in [-0.2, -0.15) is 0 Å². The number of allylic oxidation sites excluding steroid dienone is 2. The van der Waals surface area contributed by atoms with Crippen molar-refractivity contribution in [2.75, 3.05) is 44.5 Å². The summed E-state index contributed by atoms with van der Waals surface area (Å²) in [6.07, 6.45) is 5.80. The van der Waals surface area contributed by atoms with E-state index in [4.69, 9.17) is 4.74 Å². The van der Waals surface area contributed by atoms with Crippen LogP contribution in [0.5, 0.6) is 0 Å². The van der Waals surface area contributed by atoms with Crippen LogP contribution in [0.2, 0.25) is 0 Å². The number of benzene rings is 3. The van der Waals surface area contributed by atoms with Crippen molar-refractivity contribution in [1.82, 2.24) is 20.4 Å². The van der Waals surface area contributed by atoms with Gasteiger partial charge in [-0.25, -0.2) is 9.59 Å². The number of ether oxygens (including phenoxy) is 2. The fraction of sp³-hybridized carbons (Fsp3) is 0.500. The van der Waals surface area contributed by atoms with Crippen LogP contribution < -0.4 is 21.3 Å². The molecule has 66 heavy (non-hydrogen) atoms. The van der Waals surface area contributed by atoms with Crippen LogP contribution in [0.4, 0.5) is 21.0 Å². The lowest BCUT2D eigenvalue weighted by Crippen LogP contribution is -2.54. The molecule has 2 aliphatic heterocycles. The number of alkyl carbamates (subject to hydrolysis) is 2. The molecular weight excluding hydrogens is 837 g/mol. The monoisotopic (exact) mass is 907 g/mol. The highest BCUT2D eigenvalue weighted by Crippen LogP contribution is 2.47. The zero-order chi connectivity index (χ0) is 48.1. The lowest BCUT2D eigenvalue weighted by molar-refractivity contribution is -0.139. The fourth-order valence-electron chi connectivity index (χ4n) is 9.01. The second kappa shape index (κ2) is 23.3. The minimum Gasteiger partial charge on any atom is -0.453 e. The van der Waals surface area contributed by atoms with Gasteiger partial charge in [-0.1, -0.05) is 97.0 Å². The Morgan fingerprint density at radius 1 is 0.667 bits per heavy atom. The molecule has 4 N–H and O–H groups in total. The molecule has 14 nitrogen and oxygen atoms in total. The highest BCUT2D eigenvalue weighted by atomic mass is 16.5. The lowest BCUT2D eigenvalue weighted by atomic mass is 9.73. The molecule has 0 spiro atoms. The number of anilines is 2. The summed E-state index contributed by atoms with van der Waals surface area (Å²) < 4.78 is 9.25. The van der Waals surface area contributed by atoms with Crippen LogP contribution in [-0.2, 0) is 34.1 Å². The van der Waals surface area contributed by atoms with Gasteiger partial charge < -0.3 is 40.5 Å². The molecule has 6 amide bonds. The first-order valence-corrected chi connectivity index (χ1v) is 23.3. The van der Waals surface area contributed by atoms with Crippen molar-refractivity contribution in [2.24, 2.45) is 11.8 Å². The third kappa shape index (κ3) is 13.0. The van der Waals surface area contributed by atoms with Crippen molar-refractivity contribution >= 4 is 58.8 Å². The molecule has 2 fully saturated rings. The second-order valence-electron chi connectivity index (χ2n) is 19.1. The van der Waals surface area contributed by atoms with Crippen molar-refractivity contribution in [1.29, 1.82) is 0 Å². The van der Waals surface area contributed by atoms with E-state index in [9.17, 15) is 28.8 Å². The van der Waals surface area contributed by atoms with Gasteiger partial charge in [0.05, 0.1) is 14.2 Å². The number of hydrogen-bond acceptors (Lipinski definition) is 8. The molecule has 3 aliphatic rings. The van der Waals surface area contributed by atoms with Crippen LogP contribution in [0.15, 0.2) is 72.8 Å². The van der Waals surface area contributed by atoms with E-state index in [2.05, 4.69) is 95.3 Å². The molecule has 0 radical (unpaired) electrons. The number of rotatable bonds is 13. The molecule has 356 valence electrons. The molecule has 1 aliphatic carbocycles. The molecule has 0 bridgehead atoms. The number of nitrogens with zero attached hydrogens (tertiary/aromatic N) is 2. The highest BCUT2D eigenvalue weighted by Gasteiger charge is 2.39. The molecule has 0 saturated carbocycles. The van der Waals surface area contributed by atoms with E-state index in [1.54, 1.807) is 9.80 Å². The van der Waals surface area contributed by atoms with Crippen molar-refractivity contribution in [2.45, 2.75) is 123 Å². The van der Waals surface area contributed by atoms with E-state index < -0.39 is 30.3 Å². The normalized spacial score (nSPS) is 18.2. The number of nitrogens with one attached hydrogen (secondary N) is 4. The van der Waals surface area contributed by atoms with Gasteiger partial charge in [0, 0.05) is 36.9 Å². The Hall–Kier alpha value is -6.18. The van der Waals surface area contributed by atoms with E-state index in [1.807, 2.05) is 52.0 Å². The zero-order valence-electron chi connectivity index (χ0n) is 40.2. The molecule has 4 atom stereocenters. The summed E-state index contributed by atoms with van der Waals surface area (Å²) in [7, 11) is 2.56. The summed E-state index contributed by atoms with van der Waals surface area (Å²) in [6.45, 7) is 16.2. The largest absolute Gasteiger partial charge is 0.453 e. The SMILES string of the molecule is COC(=O)N[C@H](C(=O)N1CCCC1)C(C)C.COC(=O)N[C@H](C(=O)N1CCC[C@H]1C(=O)Nc1ccc(C2CCCC(c3ccc(NC=O)cc3)=C2c2ccc(C(C)(C)C)cc2)cc1)C(C)C. The van der Waals surface area contributed by atoms with Crippen molar-refractivity contribution < 1.29 is 38.2 Å². The molecule has 0 aromatic heterocycles. The molecule has 1 unspecified atom stereocenters. The van der Waals surface area contributed by atoms with E-state index in [0.29, 0.717) is 31.5 Å². The number of methoxy groups -OCH3 is 2. The smallest absolute Gasteiger partial charge is 0.407 e. The van der Waals surface area contributed by atoms with Crippen LogP contribution >= 0.6 is 0 Å². The molecule has 2 saturated heterocycles. The average Bonchev–Trinajstić information content (AvgIpc) is 4.04. The second-order valence-corrected chi connectivity index (χ2v) is 19.1. The molecule has 6 rings (SSSR count). The number of amides is 6. The number of hydrogen-bond donors (Lipinski definition) is 4. The first-order chi connectivity index (χ1) is 31.5. The Balaban J connectivity index is 0.000000431. The summed E-state index contributed by atoms with van der Waals surface area (Å²) in [6, 6.07) is 23.2. The fourth-order valence-corrected chi connectivity index (χ4v) is 9.01. The van der Waals surface area contributed by atoms with Gasteiger partial charge in [-0.15, -0.1) is 0 Å². The summed E-state index contributed by atoms with van der Waals surface area (Å²) in [5.41, 5.74) is 8.84. The van der Waals surface area contributed by atoms with Gasteiger partial charge in [0.25, 0.3) is 0 Å². The summed E-state index contributed by atoms with van der Waals surface area (Å²) >= 11 is 0. The standard InChI is InChI=1S/C41H50N4O5.C11H20N2O3/c1-26(2)37(44-40(49)50-6)39(48)45-24-8-11-35(45)38(47)43-32-22-16-28(17-23-32)34-10-7-9-33(27-14-20-31(21-15-27)42-25-46)36(34)29-12-18-30(19-13-29)41(3,4)5;1-8(2)9(12-11(15)16-3)10(14)13-6-4-5-7-13/h12-23,25-26,34-35,37H,7-11,24H2,1-6H3,(H,42,46)(H,43,47)(H,44,49);8-9H,4-7H2,1-3H3,(H,12,15)/t34?,35-,37-;9-/m00/s1. The topological polar surface area (TPSA) is 175 Å². The molecule has 14 heteroatoms. The van der Waals surface area contributed by atoms with Gasteiger partial charge >= 0.3 is 12.2 Å². The Morgan fingerprint density at radius 3 is 1.74 bits per heavy atom. The van der Waals surface area contributed by atoms with Gasteiger partial charge in [0.2, 0.25) is 24.1 Å². The predicted octanol–water partition coefficient (Wildman–Crippen LogP) is 8.73. The Labute approximate surface area is 390 Å². The van der Waals surface area contributed by atoms with Crippen LogP contribution in [0.25, 0.3) is 11.1 Å². The maximum atomic E-state index is 13.5. The van der Waals surface area contributed by atoms with E-state index >= 15 is 0 Å². The van der Waals surface area contributed by atoms with Gasteiger partial charge in [-0.3, -0.25) is 19.2 Å². The third-order valence-electron chi connectivity index (χ3n) is 12.7. The number of likely N-dealkylation sites (tertiary alicyclic amines) is 2. The molecule has 2 heterocycles. The minimum absolute atomic E-state index is 0.00194. The quantitative estimate of drug-likeness (QED) is 0.123. The van der Waals surface area contributed by atoms with E-state index in [0.717, 1.165) is 56.4 Å². The number of carbonyl (C=O) groups excluding carboxylic acids is 6. The molecular formula is C52H70N6O8. The van der Waals surface area contributed by atoms with Crippen LogP contribution in [0.3, 0.4) is 0 Å². The third-order valence-corrected chi connectivity index (χ3v) is 12.7. The minimum atomic E-state index is -0.784. The van der Waals surface area contributed by atoms with E-state index in [1.165, 1.54) is 42.1 Å². The maximum absolute atomic E-state index is 13.5. The van der Waals surface area contributed by atoms with E-state index in [-0.39, 0.29) is 40.9 Å². The Morgan fingerprint density at radius 2 is 1.21 bits per heavy atom. The number of carbonyl (C=O) groups is 6. The maximum Gasteiger partial charge on any atom is 0.407 e. The zero-order valence-corrected chi connectivity index (χ0v) is 40.2. The first kappa shape index (κ1) is 50.8. The summed E-state index contributed by atoms with van der Waals surface area (Å²) in [5, 5.41) is 11.0. The average molecular weight is 907 g/mol. The van der Waals surface area contributed by atoms with Crippen LogP contribution in [0.1, 0.15) is 122 Å². The summed E-state index contributed by atoms with van der Waals surface area (Å²) in [4.78, 5) is 76.6. The predicted molar refractivity (Wildman–Crippen MR) is 259 cm³/mol. The Bertz CT molecular complexity index is 2170.